The van der Waals surface area contributed by atoms with Crippen molar-refractivity contribution < 1.29 is 4.79 Å². The number of amides is 1. The summed E-state index contributed by atoms with van der Waals surface area (Å²) < 4.78 is 1.03. The van der Waals surface area contributed by atoms with E-state index in [-0.39, 0.29) is 5.91 Å². The molecule has 2 N–H and O–H groups in total. The minimum atomic E-state index is -0.261. The molecule has 0 aliphatic carbocycles. The van der Waals surface area contributed by atoms with Crippen LogP contribution in [0.1, 0.15) is 0 Å². The lowest BCUT2D eigenvalue weighted by atomic mass is 10.1. The zero-order valence-electron chi connectivity index (χ0n) is 11.6. The van der Waals surface area contributed by atoms with Gasteiger partial charge in [0.15, 0.2) is 0 Å². The summed E-state index contributed by atoms with van der Waals surface area (Å²) in [5.74, 6) is -0.261. The Hall–Kier alpha value is -1.66. The zero-order chi connectivity index (χ0) is 14.8. The van der Waals surface area contributed by atoms with Gasteiger partial charge in [-0.05, 0) is 24.3 Å². The van der Waals surface area contributed by atoms with Crippen LogP contribution in [0.3, 0.4) is 0 Å². The fourth-order valence-corrected chi connectivity index (χ4v) is 3.10. The molecule has 1 fully saturated rings. The number of piperazine rings is 1. The lowest BCUT2D eigenvalue weighted by Gasteiger charge is -2.35. The van der Waals surface area contributed by atoms with Crippen LogP contribution in [0.4, 0.5) is 5.69 Å². The number of primary amides is 1. The smallest absolute Gasteiger partial charge is 0.231 e. The molecular weight excluding hydrogens is 332 g/mol. The molecule has 0 bridgehead atoms. The van der Waals surface area contributed by atoms with Gasteiger partial charge in [0.2, 0.25) is 5.91 Å². The summed E-state index contributed by atoms with van der Waals surface area (Å²) in [6, 6.07) is 8.22. The maximum absolute atomic E-state index is 11.0. The quantitative estimate of drug-likeness (QED) is 0.915. The molecule has 3 rings (SSSR count). The van der Waals surface area contributed by atoms with Gasteiger partial charge in [-0.1, -0.05) is 15.9 Å². The first-order chi connectivity index (χ1) is 10.1. The normalized spacial score (nSPS) is 16.3. The lowest BCUT2D eigenvalue weighted by molar-refractivity contribution is -0.119. The first kappa shape index (κ1) is 14.3. The summed E-state index contributed by atoms with van der Waals surface area (Å²) in [6.45, 7) is 3.83. The molecule has 0 spiro atoms. The molecule has 0 saturated carbocycles. The van der Waals surface area contributed by atoms with Crippen LogP contribution >= 0.6 is 15.9 Å². The maximum Gasteiger partial charge on any atom is 0.231 e. The summed E-state index contributed by atoms with van der Waals surface area (Å²) in [5.41, 5.74) is 7.44. The van der Waals surface area contributed by atoms with Crippen molar-refractivity contribution in [2.75, 3.05) is 37.6 Å². The van der Waals surface area contributed by atoms with Crippen molar-refractivity contribution in [1.82, 2.24) is 9.88 Å². The number of rotatable bonds is 3. The summed E-state index contributed by atoms with van der Waals surface area (Å²) >= 11 is 3.48. The van der Waals surface area contributed by atoms with Crippen molar-refractivity contribution in [2.45, 2.75) is 0 Å². The van der Waals surface area contributed by atoms with Gasteiger partial charge in [0.25, 0.3) is 0 Å². The Morgan fingerprint density at radius 3 is 2.71 bits per heavy atom. The van der Waals surface area contributed by atoms with Crippen LogP contribution < -0.4 is 10.6 Å². The van der Waals surface area contributed by atoms with Crippen molar-refractivity contribution in [2.24, 2.45) is 5.73 Å². The van der Waals surface area contributed by atoms with Crippen LogP contribution in [0.15, 0.2) is 34.9 Å². The van der Waals surface area contributed by atoms with Gasteiger partial charge in [-0.25, -0.2) is 0 Å². The van der Waals surface area contributed by atoms with E-state index in [9.17, 15) is 4.79 Å². The molecular formula is C15H17BrN4O. The number of anilines is 1. The highest BCUT2D eigenvalue weighted by atomic mass is 79.9. The highest BCUT2D eigenvalue weighted by Gasteiger charge is 2.19. The van der Waals surface area contributed by atoms with Crippen LogP contribution in [0.5, 0.6) is 0 Å². The number of carbonyl (C=O) groups is 1. The molecule has 2 heterocycles. The first-order valence-corrected chi connectivity index (χ1v) is 7.72. The van der Waals surface area contributed by atoms with E-state index in [1.54, 1.807) is 0 Å². The average Bonchev–Trinajstić information content (AvgIpc) is 2.46. The monoisotopic (exact) mass is 348 g/mol. The Kier molecular flexibility index (Phi) is 4.07. The first-order valence-electron chi connectivity index (χ1n) is 6.93. The number of hydrogen-bond acceptors (Lipinski definition) is 4. The second kappa shape index (κ2) is 5.99. The minimum absolute atomic E-state index is 0.261. The number of benzene rings is 1. The summed E-state index contributed by atoms with van der Waals surface area (Å²) in [5, 5.41) is 1.16. The summed E-state index contributed by atoms with van der Waals surface area (Å²) in [7, 11) is 0. The average molecular weight is 349 g/mol. The van der Waals surface area contributed by atoms with E-state index in [2.05, 4.69) is 42.8 Å². The Morgan fingerprint density at radius 1 is 1.24 bits per heavy atom. The van der Waals surface area contributed by atoms with Crippen LogP contribution in [0.25, 0.3) is 10.9 Å². The predicted octanol–water partition coefficient (Wildman–Crippen LogP) is 1.60. The van der Waals surface area contributed by atoms with Crippen molar-refractivity contribution in [3.05, 3.63) is 34.9 Å². The Balaban J connectivity index is 1.81. The van der Waals surface area contributed by atoms with Gasteiger partial charge in [-0.3, -0.25) is 14.7 Å². The van der Waals surface area contributed by atoms with Gasteiger partial charge in [0, 0.05) is 47.9 Å². The van der Waals surface area contributed by atoms with E-state index in [0.717, 1.165) is 41.6 Å². The van der Waals surface area contributed by atoms with Crippen molar-refractivity contribution in [3.63, 3.8) is 0 Å². The molecule has 1 saturated heterocycles. The number of halogens is 1. The fraction of sp³-hybridized carbons (Fsp3) is 0.333. The molecule has 5 nitrogen and oxygen atoms in total. The summed E-state index contributed by atoms with van der Waals surface area (Å²) in [4.78, 5) is 19.8. The van der Waals surface area contributed by atoms with Crippen LogP contribution in [0.2, 0.25) is 0 Å². The van der Waals surface area contributed by atoms with E-state index in [1.165, 1.54) is 5.69 Å². The van der Waals surface area contributed by atoms with Gasteiger partial charge in [0.05, 0.1) is 12.1 Å². The standard InChI is InChI=1S/C15H17BrN4O/c16-11-1-2-12-13(9-11)18-4-3-14(12)20-7-5-19(6-8-20)10-15(17)21/h1-4,9H,5-8,10H2,(H2,17,21). The molecule has 0 atom stereocenters. The van der Waals surface area contributed by atoms with Gasteiger partial charge in [-0.2, -0.15) is 0 Å². The van der Waals surface area contributed by atoms with E-state index in [4.69, 9.17) is 5.73 Å². The van der Waals surface area contributed by atoms with Crippen LogP contribution in [-0.4, -0.2) is 48.5 Å². The lowest BCUT2D eigenvalue weighted by Crippen LogP contribution is -2.48. The third kappa shape index (κ3) is 3.16. The Labute approximate surface area is 131 Å². The zero-order valence-corrected chi connectivity index (χ0v) is 13.2. The Morgan fingerprint density at radius 2 is 2.00 bits per heavy atom. The molecule has 1 aromatic carbocycles. The largest absolute Gasteiger partial charge is 0.369 e. The molecule has 110 valence electrons. The number of carbonyl (C=O) groups excluding carboxylic acids is 1. The SMILES string of the molecule is NC(=O)CN1CCN(c2ccnc3cc(Br)ccc23)CC1. The second-order valence-electron chi connectivity index (χ2n) is 5.22. The number of pyridine rings is 1. The molecule has 0 radical (unpaired) electrons. The van der Waals surface area contributed by atoms with Crippen LogP contribution in [-0.2, 0) is 4.79 Å². The van der Waals surface area contributed by atoms with Gasteiger partial charge >= 0.3 is 0 Å². The maximum atomic E-state index is 11.0. The predicted molar refractivity (Wildman–Crippen MR) is 87.3 cm³/mol. The van der Waals surface area contributed by atoms with Crippen molar-refractivity contribution in [1.29, 1.82) is 0 Å². The Bertz CT molecular complexity index is 668. The molecule has 21 heavy (non-hydrogen) atoms. The third-order valence-corrected chi connectivity index (χ3v) is 4.27. The molecule has 1 aliphatic rings. The molecule has 1 aliphatic heterocycles. The minimum Gasteiger partial charge on any atom is -0.369 e. The summed E-state index contributed by atoms with van der Waals surface area (Å²) in [6.07, 6.45) is 1.85. The fourth-order valence-electron chi connectivity index (χ4n) is 2.75. The number of aromatic nitrogens is 1. The van der Waals surface area contributed by atoms with Gasteiger partial charge < -0.3 is 10.6 Å². The highest BCUT2D eigenvalue weighted by Crippen LogP contribution is 2.28. The van der Waals surface area contributed by atoms with E-state index in [0.29, 0.717) is 6.54 Å². The third-order valence-electron chi connectivity index (χ3n) is 3.77. The number of hydrogen-bond donors (Lipinski definition) is 1. The highest BCUT2D eigenvalue weighted by molar-refractivity contribution is 9.10. The second-order valence-corrected chi connectivity index (χ2v) is 6.14. The number of nitrogens with two attached hydrogens (primary N) is 1. The molecule has 6 heteroatoms. The molecule has 1 aromatic heterocycles. The molecule has 0 unspecified atom stereocenters. The molecule has 1 amide bonds. The van der Waals surface area contributed by atoms with E-state index < -0.39 is 0 Å². The van der Waals surface area contributed by atoms with Crippen molar-refractivity contribution in [3.8, 4) is 0 Å². The van der Waals surface area contributed by atoms with E-state index in [1.807, 2.05) is 18.3 Å². The number of nitrogens with zero attached hydrogens (tertiary/aromatic N) is 3. The van der Waals surface area contributed by atoms with Crippen LogP contribution in [0, 0.1) is 0 Å². The number of fused-ring (bicyclic) bond motifs is 1. The van der Waals surface area contributed by atoms with E-state index >= 15 is 0 Å². The topological polar surface area (TPSA) is 62.5 Å². The van der Waals surface area contributed by atoms with Crippen molar-refractivity contribution >= 4 is 38.4 Å². The van der Waals surface area contributed by atoms with Gasteiger partial charge in [0.1, 0.15) is 0 Å². The van der Waals surface area contributed by atoms with Gasteiger partial charge in [-0.15, -0.1) is 0 Å². The molecule has 2 aromatic rings.